The molecule has 24 heavy (non-hydrogen) atoms. The van der Waals surface area contributed by atoms with Crippen molar-refractivity contribution >= 4 is 11.8 Å². The van der Waals surface area contributed by atoms with Crippen LogP contribution in [-0.4, -0.2) is 11.8 Å². The van der Waals surface area contributed by atoms with Gasteiger partial charge in [0.05, 0.1) is 5.56 Å². The van der Waals surface area contributed by atoms with Gasteiger partial charge in [-0.2, -0.15) is 13.2 Å². The SMILES string of the molecule is NC(=O)C(NC(=O)c1ccc(F)c(C(F)(F)F)c1)c1ccccc1. The molecule has 2 amide bonds. The molecule has 0 aliphatic carbocycles. The number of carbonyl (C=O) groups is 2. The van der Waals surface area contributed by atoms with Crippen LogP contribution in [0.2, 0.25) is 0 Å². The topological polar surface area (TPSA) is 72.2 Å². The summed E-state index contributed by atoms with van der Waals surface area (Å²) in [7, 11) is 0. The first-order chi connectivity index (χ1) is 11.2. The maximum atomic E-state index is 13.3. The Bertz CT molecular complexity index is 760. The van der Waals surface area contributed by atoms with Gasteiger partial charge >= 0.3 is 6.18 Å². The van der Waals surface area contributed by atoms with Crippen molar-refractivity contribution in [3.63, 3.8) is 0 Å². The molecule has 0 aliphatic rings. The number of hydrogen-bond donors (Lipinski definition) is 2. The van der Waals surface area contributed by atoms with E-state index in [4.69, 9.17) is 5.73 Å². The van der Waals surface area contributed by atoms with Gasteiger partial charge in [-0.05, 0) is 23.8 Å². The monoisotopic (exact) mass is 340 g/mol. The van der Waals surface area contributed by atoms with E-state index >= 15 is 0 Å². The molecule has 0 saturated heterocycles. The summed E-state index contributed by atoms with van der Waals surface area (Å²) in [6, 6.07) is 8.55. The van der Waals surface area contributed by atoms with Gasteiger partial charge < -0.3 is 11.1 Å². The quantitative estimate of drug-likeness (QED) is 0.840. The predicted molar refractivity (Wildman–Crippen MR) is 77.2 cm³/mol. The van der Waals surface area contributed by atoms with Crippen molar-refractivity contribution in [2.45, 2.75) is 12.2 Å². The van der Waals surface area contributed by atoms with Crippen molar-refractivity contribution in [1.29, 1.82) is 0 Å². The minimum Gasteiger partial charge on any atom is -0.368 e. The molecule has 0 aromatic heterocycles. The summed E-state index contributed by atoms with van der Waals surface area (Å²) < 4.78 is 51.4. The highest BCUT2D eigenvalue weighted by molar-refractivity contribution is 5.97. The molecule has 0 radical (unpaired) electrons. The molecule has 0 aliphatic heterocycles. The third-order valence-corrected chi connectivity index (χ3v) is 3.23. The summed E-state index contributed by atoms with van der Waals surface area (Å²) in [4.78, 5) is 23.6. The number of amides is 2. The van der Waals surface area contributed by atoms with Crippen LogP contribution in [0.15, 0.2) is 48.5 Å². The summed E-state index contributed by atoms with van der Waals surface area (Å²) in [5.74, 6) is -3.35. The Kier molecular flexibility index (Phi) is 4.87. The third kappa shape index (κ3) is 3.89. The molecule has 2 rings (SSSR count). The van der Waals surface area contributed by atoms with Crippen LogP contribution in [0, 0.1) is 5.82 Å². The molecule has 0 saturated carbocycles. The van der Waals surface area contributed by atoms with Crippen molar-refractivity contribution in [3.05, 3.63) is 71.0 Å². The Morgan fingerprint density at radius 3 is 2.21 bits per heavy atom. The Hall–Kier alpha value is -2.90. The second-order valence-corrected chi connectivity index (χ2v) is 4.91. The van der Waals surface area contributed by atoms with Gasteiger partial charge in [0.2, 0.25) is 5.91 Å². The molecule has 1 atom stereocenters. The van der Waals surface area contributed by atoms with Gasteiger partial charge in [0.1, 0.15) is 11.9 Å². The van der Waals surface area contributed by atoms with Crippen LogP contribution >= 0.6 is 0 Å². The number of nitrogens with one attached hydrogen (secondary N) is 1. The van der Waals surface area contributed by atoms with Gasteiger partial charge in [-0.3, -0.25) is 9.59 Å². The van der Waals surface area contributed by atoms with Gasteiger partial charge in [0.15, 0.2) is 0 Å². The number of rotatable bonds is 4. The van der Waals surface area contributed by atoms with Crippen LogP contribution in [0.25, 0.3) is 0 Å². The summed E-state index contributed by atoms with van der Waals surface area (Å²) >= 11 is 0. The van der Waals surface area contributed by atoms with E-state index in [1.165, 1.54) is 12.1 Å². The van der Waals surface area contributed by atoms with Gasteiger partial charge in [0.25, 0.3) is 5.91 Å². The smallest absolute Gasteiger partial charge is 0.368 e. The lowest BCUT2D eigenvalue weighted by Gasteiger charge is -2.16. The average Bonchev–Trinajstić information content (AvgIpc) is 2.52. The van der Waals surface area contributed by atoms with E-state index in [1.54, 1.807) is 18.2 Å². The van der Waals surface area contributed by atoms with E-state index in [9.17, 15) is 27.2 Å². The van der Waals surface area contributed by atoms with Gasteiger partial charge in [0, 0.05) is 5.56 Å². The first-order valence-corrected chi connectivity index (χ1v) is 6.72. The molecule has 2 aromatic rings. The molecule has 4 nitrogen and oxygen atoms in total. The first kappa shape index (κ1) is 17.5. The zero-order chi connectivity index (χ0) is 17.9. The van der Waals surface area contributed by atoms with Gasteiger partial charge in [-0.15, -0.1) is 0 Å². The molecule has 1 unspecified atom stereocenters. The minimum atomic E-state index is -4.94. The molecule has 0 bridgehead atoms. The highest BCUT2D eigenvalue weighted by Gasteiger charge is 2.35. The van der Waals surface area contributed by atoms with E-state index in [-0.39, 0.29) is 0 Å². The van der Waals surface area contributed by atoms with Crippen LogP contribution < -0.4 is 11.1 Å². The summed E-state index contributed by atoms with van der Waals surface area (Å²) in [5, 5.41) is 2.24. The lowest BCUT2D eigenvalue weighted by atomic mass is 10.0. The highest BCUT2D eigenvalue weighted by Crippen LogP contribution is 2.32. The molecule has 2 aromatic carbocycles. The molecule has 0 spiro atoms. The third-order valence-electron chi connectivity index (χ3n) is 3.23. The zero-order valence-electron chi connectivity index (χ0n) is 12.1. The second-order valence-electron chi connectivity index (χ2n) is 4.91. The maximum absolute atomic E-state index is 13.3. The number of hydrogen-bond acceptors (Lipinski definition) is 2. The predicted octanol–water partition coefficient (Wildman–Crippen LogP) is 2.80. The number of nitrogens with two attached hydrogens (primary N) is 1. The molecule has 8 heteroatoms. The fraction of sp³-hybridized carbons (Fsp3) is 0.125. The Morgan fingerprint density at radius 2 is 1.67 bits per heavy atom. The lowest BCUT2D eigenvalue weighted by Crippen LogP contribution is -2.37. The maximum Gasteiger partial charge on any atom is 0.419 e. The number of primary amides is 1. The van der Waals surface area contributed by atoms with Crippen molar-refractivity contribution < 1.29 is 27.2 Å². The number of halogens is 4. The number of carbonyl (C=O) groups excluding carboxylic acids is 2. The van der Waals surface area contributed by atoms with E-state index in [1.807, 2.05) is 0 Å². The fourth-order valence-electron chi connectivity index (χ4n) is 2.06. The van der Waals surface area contributed by atoms with E-state index < -0.39 is 41.0 Å². The standard InChI is InChI=1S/C16H12F4N2O2/c17-12-7-6-10(8-11(12)16(18,19)20)15(24)22-13(14(21)23)9-4-2-1-3-5-9/h1-8,13H,(H2,21,23)(H,22,24). The molecular weight excluding hydrogens is 328 g/mol. The van der Waals surface area contributed by atoms with Crippen LogP contribution in [0.1, 0.15) is 27.5 Å². The second kappa shape index (κ2) is 6.69. The molecule has 3 N–H and O–H groups in total. The van der Waals surface area contributed by atoms with Crippen LogP contribution in [-0.2, 0) is 11.0 Å². The average molecular weight is 340 g/mol. The first-order valence-electron chi connectivity index (χ1n) is 6.72. The largest absolute Gasteiger partial charge is 0.419 e. The van der Waals surface area contributed by atoms with Gasteiger partial charge in [-0.25, -0.2) is 4.39 Å². The summed E-state index contributed by atoms with van der Waals surface area (Å²) in [6.07, 6.45) is -4.94. The molecule has 0 fully saturated rings. The zero-order valence-corrected chi connectivity index (χ0v) is 12.1. The van der Waals surface area contributed by atoms with E-state index in [0.717, 1.165) is 6.07 Å². The number of benzene rings is 2. The highest BCUT2D eigenvalue weighted by atomic mass is 19.4. The lowest BCUT2D eigenvalue weighted by molar-refractivity contribution is -0.140. The minimum absolute atomic E-state index is 0.372. The molecule has 126 valence electrons. The van der Waals surface area contributed by atoms with Crippen molar-refractivity contribution in [3.8, 4) is 0 Å². The Morgan fingerprint density at radius 1 is 1.04 bits per heavy atom. The van der Waals surface area contributed by atoms with Crippen molar-refractivity contribution in [2.75, 3.05) is 0 Å². The summed E-state index contributed by atoms with van der Waals surface area (Å²) in [6.45, 7) is 0. The van der Waals surface area contributed by atoms with Crippen molar-refractivity contribution in [2.24, 2.45) is 5.73 Å². The summed E-state index contributed by atoms with van der Waals surface area (Å²) in [5.41, 5.74) is 3.59. The van der Waals surface area contributed by atoms with Gasteiger partial charge in [-0.1, -0.05) is 30.3 Å². The number of alkyl halides is 3. The Labute approximate surface area is 134 Å². The molecular formula is C16H12F4N2O2. The Balaban J connectivity index is 2.30. The molecule has 0 heterocycles. The fourth-order valence-corrected chi connectivity index (χ4v) is 2.06. The van der Waals surface area contributed by atoms with E-state index in [2.05, 4.69) is 5.32 Å². The van der Waals surface area contributed by atoms with Crippen LogP contribution in [0.5, 0.6) is 0 Å². The van der Waals surface area contributed by atoms with Crippen molar-refractivity contribution in [1.82, 2.24) is 5.32 Å². The van der Waals surface area contributed by atoms with E-state index in [0.29, 0.717) is 17.7 Å². The normalized spacial score (nSPS) is 12.5. The van der Waals surface area contributed by atoms with Crippen LogP contribution in [0.4, 0.5) is 17.6 Å². The van der Waals surface area contributed by atoms with Crippen LogP contribution in [0.3, 0.4) is 0 Å².